The smallest absolute Gasteiger partial charge is 0.264 e. The molecule has 0 radical (unpaired) electrons. The van der Waals surface area contributed by atoms with E-state index < -0.39 is 28.5 Å². The first-order valence-electron chi connectivity index (χ1n) is 14.6. The zero-order chi connectivity index (χ0) is 32.4. The first kappa shape index (κ1) is 33.1. The van der Waals surface area contributed by atoms with Gasteiger partial charge >= 0.3 is 0 Å². The molecule has 0 aliphatic heterocycles. The fourth-order valence-electron chi connectivity index (χ4n) is 4.92. The Hall–Kier alpha value is -4.83. The molecule has 4 rings (SSSR count). The average molecular weight is 630 g/mol. The zero-order valence-electron chi connectivity index (χ0n) is 25.9. The van der Waals surface area contributed by atoms with Crippen LogP contribution in [0.15, 0.2) is 114 Å². The van der Waals surface area contributed by atoms with E-state index in [9.17, 15) is 18.0 Å². The van der Waals surface area contributed by atoms with E-state index in [4.69, 9.17) is 9.47 Å². The molecule has 0 heterocycles. The largest absolute Gasteiger partial charge is 0.497 e. The SMILES string of the molecule is COc1cccc(CN(C(=O)CN(c2cccc(OC)c2)S(=O)(=O)c2ccccc2)[C@@H](Cc2ccccc2)C(=O)NC(C)C)c1. The lowest BCUT2D eigenvalue weighted by molar-refractivity contribution is -0.140. The van der Waals surface area contributed by atoms with Crippen LogP contribution in [0.2, 0.25) is 0 Å². The van der Waals surface area contributed by atoms with Crippen LogP contribution < -0.4 is 19.1 Å². The van der Waals surface area contributed by atoms with Crippen LogP contribution in [0.5, 0.6) is 11.5 Å². The predicted octanol–water partition coefficient (Wildman–Crippen LogP) is 5.06. The van der Waals surface area contributed by atoms with Gasteiger partial charge in [0.25, 0.3) is 10.0 Å². The van der Waals surface area contributed by atoms with E-state index in [2.05, 4.69) is 5.32 Å². The molecular formula is C35H39N3O6S. The molecule has 0 spiro atoms. The summed E-state index contributed by atoms with van der Waals surface area (Å²) < 4.78 is 40.0. The van der Waals surface area contributed by atoms with E-state index in [0.29, 0.717) is 11.5 Å². The number of rotatable bonds is 14. The molecule has 0 saturated heterocycles. The molecule has 1 atom stereocenters. The lowest BCUT2D eigenvalue weighted by Crippen LogP contribution is -2.54. The summed E-state index contributed by atoms with van der Waals surface area (Å²) in [7, 11) is -1.17. The monoisotopic (exact) mass is 629 g/mol. The molecule has 4 aromatic rings. The summed E-state index contributed by atoms with van der Waals surface area (Å²) in [5.41, 5.74) is 1.82. The number of anilines is 1. The maximum absolute atomic E-state index is 14.5. The quantitative estimate of drug-likeness (QED) is 0.209. The Morgan fingerprint density at radius 1 is 0.756 bits per heavy atom. The van der Waals surface area contributed by atoms with Crippen molar-refractivity contribution in [3.63, 3.8) is 0 Å². The Balaban J connectivity index is 1.82. The number of nitrogens with one attached hydrogen (secondary N) is 1. The van der Waals surface area contributed by atoms with E-state index in [-0.39, 0.29) is 35.5 Å². The number of carbonyl (C=O) groups is 2. The lowest BCUT2D eigenvalue weighted by atomic mass is 10.0. The van der Waals surface area contributed by atoms with Gasteiger partial charge in [-0.15, -0.1) is 0 Å². The number of nitrogens with zero attached hydrogens (tertiary/aromatic N) is 2. The second kappa shape index (κ2) is 15.3. The molecule has 0 saturated carbocycles. The van der Waals surface area contributed by atoms with E-state index in [1.165, 1.54) is 24.1 Å². The Labute approximate surface area is 265 Å². The fourth-order valence-corrected chi connectivity index (χ4v) is 6.34. The molecule has 2 amide bonds. The molecule has 0 unspecified atom stereocenters. The molecule has 0 aliphatic rings. The molecule has 1 N–H and O–H groups in total. The van der Waals surface area contributed by atoms with Crippen molar-refractivity contribution < 1.29 is 27.5 Å². The van der Waals surface area contributed by atoms with E-state index >= 15 is 0 Å². The summed E-state index contributed by atoms with van der Waals surface area (Å²) in [6, 6.07) is 30.0. The van der Waals surface area contributed by atoms with Crippen molar-refractivity contribution in [2.75, 3.05) is 25.1 Å². The Bertz CT molecular complexity index is 1680. The van der Waals surface area contributed by atoms with Gasteiger partial charge < -0.3 is 19.7 Å². The van der Waals surface area contributed by atoms with Gasteiger partial charge in [-0.3, -0.25) is 13.9 Å². The fraction of sp³-hybridized carbons (Fsp3) is 0.257. The summed E-state index contributed by atoms with van der Waals surface area (Å²) in [4.78, 5) is 29.8. The molecule has 4 aromatic carbocycles. The summed E-state index contributed by atoms with van der Waals surface area (Å²) in [6.45, 7) is 3.18. The first-order chi connectivity index (χ1) is 21.6. The zero-order valence-corrected chi connectivity index (χ0v) is 26.7. The summed E-state index contributed by atoms with van der Waals surface area (Å²) in [5.74, 6) is 0.124. The highest BCUT2D eigenvalue weighted by Crippen LogP contribution is 2.28. The van der Waals surface area contributed by atoms with Crippen LogP contribution >= 0.6 is 0 Å². The van der Waals surface area contributed by atoms with Crippen LogP contribution in [0.3, 0.4) is 0 Å². The van der Waals surface area contributed by atoms with Crippen molar-refractivity contribution in [1.82, 2.24) is 10.2 Å². The molecular weight excluding hydrogens is 590 g/mol. The topological polar surface area (TPSA) is 105 Å². The maximum Gasteiger partial charge on any atom is 0.264 e. The third kappa shape index (κ3) is 8.63. The van der Waals surface area contributed by atoms with Crippen molar-refractivity contribution in [3.8, 4) is 11.5 Å². The third-order valence-electron chi connectivity index (χ3n) is 7.14. The number of hydrogen-bond donors (Lipinski definition) is 1. The standard InChI is InChI=1S/C35H39N3O6S/c1-26(2)36-35(40)33(22-27-13-7-5-8-14-27)37(24-28-15-11-17-30(21-28)43-3)34(39)25-38(29-16-12-18-31(23-29)44-4)45(41,42)32-19-9-6-10-20-32/h5-21,23,26,33H,22,24-25H2,1-4H3,(H,36,40)/t33-/m0/s1. The third-order valence-corrected chi connectivity index (χ3v) is 8.93. The summed E-state index contributed by atoms with van der Waals surface area (Å²) in [5, 5.41) is 2.96. The van der Waals surface area contributed by atoms with Gasteiger partial charge in [-0.25, -0.2) is 8.42 Å². The van der Waals surface area contributed by atoms with Crippen LogP contribution in [0.4, 0.5) is 5.69 Å². The van der Waals surface area contributed by atoms with Crippen LogP contribution in [0.25, 0.3) is 0 Å². The highest BCUT2D eigenvalue weighted by molar-refractivity contribution is 7.92. The minimum absolute atomic E-state index is 0.0263. The van der Waals surface area contributed by atoms with E-state index in [0.717, 1.165) is 15.4 Å². The van der Waals surface area contributed by atoms with Crippen LogP contribution in [0, 0.1) is 0 Å². The molecule has 0 bridgehead atoms. The summed E-state index contributed by atoms with van der Waals surface area (Å²) >= 11 is 0. The average Bonchev–Trinajstić information content (AvgIpc) is 3.05. The van der Waals surface area contributed by atoms with Gasteiger partial charge in [0.05, 0.1) is 24.8 Å². The van der Waals surface area contributed by atoms with Crippen LogP contribution in [-0.4, -0.2) is 58.0 Å². The van der Waals surface area contributed by atoms with Gasteiger partial charge in [-0.2, -0.15) is 0 Å². The number of amides is 2. The second-order valence-electron chi connectivity index (χ2n) is 10.8. The Morgan fingerprint density at radius 3 is 1.96 bits per heavy atom. The highest BCUT2D eigenvalue weighted by Gasteiger charge is 2.35. The molecule has 9 nitrogen and oxygen atoms in total. The predicted molar refractivity (Wildman–Crippen MR) is 175 cm³/mol. The van der Waals surface area contributed by atoms with Crippen molar-refractivity contribution >= 4 is 27.5 Å². The van der Waals surface area contributed by atoms with Crippen molar-refractivity contribution in [3.05, 3.63) is 120 Å². The van der Waals surface area contributed by atoms with Crippen molar-refractivity contribution in [2.24, 2.45) is 0 Å². The van der Waals surface area contributed by atoms with Gasteiger partial charge in [-0.1, -0.05) is 66.7 Å². The maximum atomic E-state index is 14.5. The number of hydrogen-bond acceptors (Lipinski definition) is 6. The molecule has 45 heavy (non-hydrogen) atoms. The Morgan fingerprint density at radius 2 is 1.33 bits per heavy atom. The van der Waals surface area contributed by atoms with Gasteiger partial charge in [0.15, 0.2) is 0 Å². The molecule has 0 fully saturated rings. The molecule has 0 aromatic heterocycles. The number of carbonyl (C=O) groups excluding carboxylic acids is 2. The van der Waals surface area contributed by atoms with Crippen molar-refractivity contribution in [1.29, 1.82) is 0 Å². The number of methoxy groups -OCH3 is 2. The number of benzene rings is 4. The first-order valence-corrected chi connectivity index (χ1v) is 16.0. The normalized spacial score (nSPS) is 11.8. The van der Waals surface area contributed by atoms with Gasteiger partial charge in [0.2, 0.25) is 11.8 Å². The van der Waals surface area contributed by atoms with Gasteiger partial charge in [0.1, 0.15) is 24.1 Å². The molecule has 0 aliphatic carbocycles. The lowest BCUT2D eigenvalue weighted by Gasteiger charge is -2.34. The molecule has 10 heteroatoms. The van der Waals surface area contributed by atoms with Crippen LogP contribution in [0.1, 0.15) is 25.0 Å². The number of sulfonamides is 1. The van der Waals surface area contributed by atoms with Gasteiger partial charge in [-0.05, 0) is 61.4 Å². The number of ether oxygens (including phenoxy) is 2. The van der Waals surface area contributed by atoms with Gasteiger partial charge in [0, 0.05) is 25.1 Å². The minimum Gasteiger partial charge on any atom is -0.497 e. The van der Waals surface area contributed by atoms with E-state index in [1.807, 2.05) is 50.2 Å². The highest BCUT2D eigenvalue weighted by atomic mass is 32.2. The minimum atomic E-state index is -4.21. The Kier molecular flexibility index (Phi) is 11.2. The van der Waals surface area contributed by atoms with Crippen molar-refractivity contribution in [2.45, 2.75) is 43.8 Å². The summed E-state index contributed by atoms with van der Waals surface area (Å²) in [6.07, 6.45) is 0.222. The van der Waals surface area contributed by atoms with E-state index in [1.54, 1.807) is 67.8 Å². The second-order valence-corrected chi connectivity index (χ2v) is 12.6. The molecule has 236 valence electrons. The van der Waals surface area contributed by atoms with Crippen LogP contribution in [-0.2, 0) is 32.6 Å².